The first kappa shape index (κ1) is 17.2. The van der Waals surface area contributed by atoms with Gasteiger partial charge in [-0.05, 0) is 18.1 Å². The number of carboxylic acid groups (broad SMARTS) is 1. The normalized spacial score (nSPS) is 13.2. The Morgan fingerprint density at radius 2 is 1.90 bits per heavy atom. The molecular formula is C14H20N2O4S. The van der Waals surface area contributed by atoms with Gasteiger partial charge in [-0.25, -0.2) is 4.79 Å². The van der Waals surface area contributed by atoms with E-state index in [2.05, 4.69) is 10.6 Å². The Bertz CT molecular complexity index is 533. The first-order valence-corrected chi connectivity index (χ1v) is 8.24. The highest BCUT2D eigenvalue weighted by atomic mass is 32.2. The zero-order valence-corrected chi connectivity index (χ0v) is 12.9. The van der Waals surface area contributed by atoms with Crippen LogP contribution in [0.5, 0.6) is 0 Å². The minimum atomic E-state index is -0.970. The van der Waals surface area contributed by atoms with Crippen molar-refractivity contribution in [3.8, 4) is 0 Å². The fourth-order valence-corrected chi connectivity index (χ4v) is 2.70. The average molecular weight is 312 g/mol. The average Bonchev–Trinajstić information content (AvgIpc) is 2.35. The maximum atomic E-state index is 11.7. The monoisotopic (exact) mass is 312 g/mol. The summed E-state index contributed by atoms with van der Waals surface area (Å²) in [7, 11) is -0.970. The van der Waals surface area contributed by atoms with Crippen LogP contribution in [0.15, 0.2) is 24.3 Å². The number of aliphatic carboxylic acids is 1. The summed E-state index contributed by atoms with van der Waals surface area (Å²) >= 11 is 0. The van der Waals surface area contributed by atoms with Crippen molar-refractivity contribution in [3.05, 3.63) is 35.4 Å². The van der Waals surface area contributed by atoms with Gasteiger partial charge in [0.25, 0.3) is 0 Å². The van der Waals surface area contributed by atoms with Crippen molar-refractivity contribution in [1.82, 2.24) is 10.6 Å². The summed E-state index contributed by atoms with van der Waals surface area (Å²) in [6.45, 7) is 2.02. The third-order valence-corrected chi connectivity index (χ3v) is 3.73. The van der Waals surface area contributed by atoms with E-state index in [1.54, 1.807) is 37.4 Å². The van der Waals surface area contributed by atoms with Crippen LogP contribution in [-0.4, -0.2) is 39.4 Å². The smallest absolute Gasteiger partial charge is 0.315 e. The Labute approximate surface area is 126 Å². The molecule has 3 N–H and O–H groups in total. The number of carbonyl (C=O) groups is 2. The lowest BCUT2D eigenvalue weighted by Crippen LogP contribution is -2.42. The predicted molar refractivity (Wildman–Crippen MR) is 81.5 cm³/mol. The molecule has 21 heavy (non-hydrogen) atoms. The first-order valence-electron chi connectivity index (χ1n) is 6.51. The van der Waals surface area contributed by atoms with Crippen molar-refractivity contribution in [1.29, 1.82) is 0 Å². The standard InChI is InChI=1S/C14H20N2O4S/c1-10(9-21(2)20)16-14(19)15-8-12-6-4-3-5-11(12)7-13(17)18/h3-6,10H,7-9H2,1-2H3,(H,17,18)(H2,15,16,19). The molecule has 7 heteroatoms. The van der Waals surface area contributed by atoms with Crippen molar-refractivity contribution in [2.45, 2.75) is 25.9 Å². The molecule has 1 rings (SSSR count). The molecule has 0 bridgehead atoms. The largest absolute Gasteiger partial charge is 0.481 e. The number of hydrogen-bond acceptors (Lipinski definition) is 3. The summed E-state index contributed by atoms with van der Waals surface area (Å²) in [5.41, 5.74) is 1.44. The number of hydrogen-bond donors (Lipinski definition) is 3. The highest BCUT2D eigenvalue weighted by Crippen LogP contribution is 2.09. The van der Waals surface area contributed by atoms with Crippen LogP contribution in [0, 0.1) is 0 Å². The zero-order chi connectivity index (χ0) is 15.8. The van der Waals surface area contributed by atoms with E-state index in [1.807, 2.05) is 0 Å². The van der Waals surface area contributed by atoms with E-state index in [9.17, 15) is 13.8 Å². The summed E-state index contributed by atoms with van der Waals surface area (Å²) in [5, 5.41) is 14.2. The molecule has 2 unspecified atom stereocenters. The number of carboxylic acids is 1. The third kappa shape index (κ3) is 6.89. The second kappa shape index (κ2) is 8.41. The van der Waals surface area contributed by atoms with E-state index in [1.165, 1.54) is 0 Å². The number of nitrogens with one attached hydrogen (secondary N) is 2. The van der Waals surface area contributed by atoms with Gasteiger partial charge in [-0.2, -0.15) is 0 Å². The fraction of sp³-hybridized carbons (Fsp3) is 0.429. The van der Waals surface area contributed by atoms with Gasteiger partial charge < -0.3 is 15.7 Å². The molecule has 0 fully saturated rings. The van der Waals surface area contributed by atoms with Gasteiger partial charge >= 0.3 is 12.0 Å². The van der Waals surface area contributed by atoms with Crippen LogP contribution in [0.3, 0.4) is 0 Å². The molecule has 0 heterocycles. The molecule has 0 aliphatic carbocycles. The lowest BCUT2D eigenvalue weighted by molar-refractivity contribution is -0.136. The quantitative estimate of drug-likeness (QED) is 0.696. The molecule has 0 saturated heterocycles. The molecule has 0 radical (unpaired) electrons. The van der Waals surface area contributed by atoms with Gasteiger partial charge in [0.2, 0.25) is 0 Å². The van der Waals surface area contributed by atoms with E-state index >= 15 is 0 Å². The SMILES string of the molecule is CC(CS(C)=O)NC(=O)NCc1ccccc1CC(=O)O. The van der Waals surface area contributed by atoms with E-state index in [0.717, 1.165) is 5.56 Å². The molecule has 0 saturated carbocycles. The molecule has 0 spiro atoms. The van der Waals surface area contributed by atoms with Gasteiger partial charge in [0.15, 0.2) is 0 Å². The summed E-state index contributed by atoms with van der Waals surface area (Å²) in [6, 6.07) is 6.52. The van der Waals surface area contributed by atoms with Gasteiger partial charge in [0.05, 0.1) is 6.42 Å². The maximum absolute atomic E-state index is 11.7. The topological polar surface area (TPSA) is 95.5 Å². The Balaban J connectivity index is 2.53. The maximum Gasteiger partial charge on any atom is 0.315 e. The van der Waals surface area contributed by atoms with Crippen LogP contribution in [-0.2, 0) is 28.6 Å². The number of carbonyl (C=O) groups excluding carboxylic acids is 1. The minimum absolute atomic E-state index is 0.0787. The molecule has 0 aliphatic rings. The molecule has 116 valence electrons. The van der Waals surface area contributed by atoms with Gasteiger partial charge in [-0.3, -0.25) is 9.00 Å². The summed E-state index contributed by atoms with van der Waals surface area (Å²) < 4.78 is 11.0. The lowest BCUT2D eigenvalue weighted by Gasteiger charge is -2.14. The highest BCUT2D eigenvalue weighted by molar-refractivity contribution is 7.84. The molecule has 2 amide bonds. The Morgan fingerprint density at radius 3 is 2.48 bits per heavy atom. The molecular weight excluding hydrogens is 292 g/mol. The zero-order valence-electron chi connectivity index (χ0n) is 12.1. The molecule has 0 aliphatic heterocycles. The van der Waals surface area contributed by atoms with Gasteiger partial charge in [-0.1, -0.05) is 24.3 Å². The predicted octanol–water partition coefficient (Wildman–Crippen LogP) is 0.880. The Kier molecular flexibility index (Phi) is 6.87. The highest BCUT2D eigenvalue weighted by Gasteiger charge is 2.10. The van der Waals surface area contributed by atoms with Crippen molar-refractivity contribution in [2.24, 2.45) is 0 Å². The van der Waals surface area contributed by atoms with E-state index in [-0.39, 0.29) is 25.0 Å². The van der Waals surface area contributed by atoms with Crippen molar-refractivity contribution in [3.63, 3.8) is 0 Å². The van der Waals surface area contributed by atoms with E-state index in [4.69, 9.17) is 5.11 Å². The second-order valence-electron chi connectivity index (χ2n) is 4.81. The van der Waals surface area contributed by atoms with Crippen LogP contribution < -0.4 is 10.6 Å². The molecule has 1 aromatic rings. The van der Waals surface area contributed by atoms with Crippen molar-refractivity contribution >= 4 is 22.8 Å². The van der Waals surface area contributed by atoms with Crippen molar-refractivity contribution in [2.75, 3.05) is 12.0 Å². The second-order valence-corrected chi connectivity index (χ2v) is 6.29. The molecule has 6 nitrogen and oxygen atoms in total. The number of amides is 2. The molecule has 1 aromatic carbocycles. The number of rotatable bonds is 7. The van der Waals surface area contributed by atoms with E-state index in [0.29, 0.717) is 11.3 Å². The van der Waals surface area contributed by atoms with E-state index < -0.39 is 16.8 Å². The van der Waals surface area contributed by atoms with Gasteiger partial charge in [0, 0.05) is 35.4 Å². The molecule has 0 aromatic heterocycles. The lowest BCUT2D eigenvalue weighted by atomic mass is 10.0. The Hall–Kier alpha value is -1.89. The number of urea groups is 1. The summed E-state index contributed by atoms with van der Waals surface area (Å²) in [6.07, 6.45) is 1.50. The van der Waals surface area contributed by atoms with Crippen LogP contribution in [0.25, 0.3) is 0 Å². The van der Waals surface area contributed by atoms with Crippen LogP contribution in [0.4, 0.5) is 4.79 Å². The fourth-order valence-electron chi connectivity index (χ4n) is 1.91. The van der Waals surface area contributed by atoms with Crippen molar-refractivity contribution < 1.29 is 18.9 Å². The molecule has 2 atom stereocenters. The minimum Gasteiger partial charge on any atom is -0.481 e. The summed E-state index contributed by atoms with van der Waals surface area (Å²) in [4.78, 5) is 22.5. The van der Waals surface area contributed by atoms with Crippen LogP contribution in [0.2, 0.25) is 0 Å². The van der Waals surface area contributed by atoms with Crippen LogP contribution in [0.1, 0.15) is 18.1 Å². The Morgan fingerprint density at radius 1 is 1.29 bits per heavy atom. The third-order valence-electron chi connectivity index (χ3n) is 2.76. The van der Waals surface area contributed by atoms with Gasteiger partial charge in [-0.15, -0.1) is 0 Å². The van der Waals surface area contributed by atoms with Crippen LogP contribution >= 0.6 is 0 Å². The number of benzene rings is 1. The summed E-state index contributed by atoms with van der Waals surface area (Å²) in [5.74, 6) is -0.519. The first-order chi connectivity index (χ1) is 9.88. The van der Waals surface area contributed by atoms with Gasteiger partial charge in [0.1, 0.15) is 0 Å².